The Hall–Kier alpha value is -1.61. The average molecular weight is 241 g/mol. The fourth-order valence-electron chi connectivity index (χ4n) is 1.32. The summed E-state index contributed by atoms with van der Waals surface area (Å²) < 4.78 is 0. The maximum Gasteiger partial charge on any atom is 0.249 e. The number of carbonyl (C=O) groups is 2. The maximum absolute atomic E-state index is 11.5. The quantitative estimate of drug-likeness (QED) is 0.565. The van der Waals surface area contributed by atoms with Crippen molar-refractivity contribution < 1.29 is 14.7 Å². The van der Waals surface area contributed by atoms with Crippen molar-refractivity contribution in [2.24, 2.45) is 11.7 Å². The number of aliphatic hydroxyl groups is 1. The standard InChI is InChI=1S/C11H19N3O3/c1-7(2)6-9(15)11(17)14-8(10(13)16)4-3-5-12/h7-9,15H,3-4,6H2,1-2H3,(H2,13,16)(H,14,17)/t8-,9-/m0/s1. The molecule has 0 aromatic carbocycles. The van der Waals surface area contributed by atoms with Gasteiger partial charge in [-0.25, -0.2) is 0 Å². The van der Waals surface area contributed by atoms with E-state index in [2.05, 4.69) is 5.32 Å². The summed E-state index contributed by atoms with van der Waals surface area (Å²) in [4.78, 5) is 22.5. The van der Waals surface area contributed by atoms with E-state index in [1.54, 1.807) is 0 Å². The minimum atomic E-state index is -1.15. The second-order valence-electron chi connectivity index (χ2n) is 4.31. The number of primary amides is 1. The zero-order valence-corrected chi connectivity index (χ0v) is 10.1. The summed E-state index contributed by atoms with van der Waals surface area (Å²) in [5.41, 5.74) is 5.08. The molecule has 0 aliphatic heterocycles. The number of hydrogen-bond donors (Lipinski definition) is 3. The summed E-state index contributed by atoms with van der Waals surface area (Å²) >= 11 is 0. The zero-order chi connectivity index (χ0) is 13.4. The summed E-state index contributed by atoms with van der Waals surface area (Å²) in [5.74, 6) is -1.16. The third-order valence-electron chi connectivity index (χ3n) is 2.20. The first kappa shape index (κ1) is 15.4. The molecule has 0 unspecified atom stereocenters. The molecule has 0 radical (unpaired) electrons. The number of nitriles is 1. The van der Waals surface area contributed by atoms with Gasteiger partial charge < -0.3 is 16.2 Å². The Balaban J connectivity index is 4.30. The third-order valence-corrected chi connectivity index (χ3v) is 2.20. The molecule has 0 fully saturated rings. The number of hydrogen-bond acceptors (Lipinski definition) is 4. The Morgan fingerprint density at radius 3 is 2.47 bits per heavy atom. The second kappa shape index (κ2) is 7.63. The molecule has 17 heavy (non-hydrogen) atoms. The van der Waals surface area contributed by atoms with E-state index >= 15 is 0 Å². The lowest BCUT2D eigenvalue weighted by molar-refractivity contribution is -0.133. The van der Waals surface area contributed by atoms with Crippen molar-refractivity contribution in [1.29, 1.82) is 5.26 Å². The number of amides is 2. The van der Waals surface area contributed by atoms with Gasteiger partial charge in [0.2, 0.25) is 11.8 Å². The molecule has 2 atom stereocenters. The molecule has 6 nitrogen and oxygen atoms in total. The summed E-state index contributed by atoms with van der Waals surface area (Å²) in [7, 11) is 0. The molecule has 0 rings (SSSR count). The van der Waals surface area contributed by atoms with Gasteiger partial charge in [0.25, 0.3) is 0 Å². The number of nitrogens with zero attached hydrogens (tertiary/aromatic N) is 1. The maximum atomic E-state index is 11.5. The number of aliphatic hydroxyl groups excluding tert-OH is 1. The van der Waals surface area contributed by atoms with E-state index < -0.39 is 24.0 Å². The van der Waals surface area contributed by atoms with E-state index in [0.717, 1.165) is 0 Å². The molecule has 0 saturated heterocycles. The Bertz CT molecular complexity index is 310. The van der Waals surface area contributed by atoms with Gasteiger partial charge in [0.05, 0.1) is 6.07 Å². The lowest BCUT2D eigenvalue weighted by Gasteiger charge is -2.18. The van der Waals surface area contributed by atoms with Gasteiger partial charge in [-0.05, 0) is 18.8 Å². The van der Waals surface area contributed by atoms with Crippen LogP contribution in [0.4, 0.5) is 0 Å². The fourth-order valence-corrected chi connectivity index (χ4v) is 1.32. The van der Waals surface area contributed by atoms with Crippen molar-refractivity contribution in [2.75, 3.05) is 0 Å². The van der Waals surface area contributed by atoms with Gasteiger partial charge in [-0.2, -0.15) is 5.26 Å². The highest BCUT2D eigenvalue weighted by Crippen LogP contribution is 2.05. The van der Waals surface area contributed by atoms with Gasteiger partial charge in [-0.3, -0.25) is 9.59 Å². The fraction of sp³-hybridized carbons (Fsp3) is 0.727. The van der Waals surface area contributed by atoms with Gasteiger partial charge in [0.15, 0.2) is 0 Å². The molecule has 0 aliphatic rings. The first-order chi connectivity index (χ1) is 7.88. The van der Waals surface area contributed by atoms with Crippen LogP contribution in [-0.4, -0.2) is 29.1 Å². The minimum absolute atomic E-state index is 0.119. The number of nitrogens with two attached hydrogens (primary N) is 1. The highest BCUT2D eigenvalue weighted by molar-refractivity contribution is 5.88. The molecule has 6 heteroatoms. The van der Waals surface area contributed by atoms with Crippen molar-refractivity contribution in [2.45, 2.75) is 45.3 Å². The number of carbonyl (C=O) groups excluding carboxylic acids is 2. The van der Waals surface area contributed by atoms with Crippen LogP contribution in [0, 0.1) is 17.2 Å². The molecular formula is C11H19N3O3. The Morgan fingerprint density at radius 1 is 1.47 bits per heavy atom. The Kier molecular flexibility index (Phi) is 6.91. The van der Waals surface area contributed by atoms with E-state index in [0.29, 0.717) is 6.42 Å². The van der Waals surface area contributed by atoms with Crippen molar-refractivity contribution in [3.63, 3.8) is 0 Å². The van der Waals surface area contributed by atoms with Crippen LogP contribution in [0.5, 0.6) is 0 Å². The van der Waals surface area contributed by atoms with Crippen LogP contribution in [0.1, 0.15) is 33.1 Å². The van der Waals surface area contributed by atoms with Crippen molar-refractivity contribution >= 4 is 11.8 Å². The largest absolute Gasteiger partial charge is 0.383 e. The van der Waals surface area contributed by atoms with Crippen LogP contribution < -0.4 is 11.1 Å². The first-order valence-corrected chi connectivity index (χ1v) is 5.53. The smallest absolute Gasteiger partial charge is 0.249 e. The highest BCUT2D eigenvalue weighted by atomic mass is 16.3. The predicted molar refractivity (Wildman–Crippen MR) is 61.4 cm³/mol. The number of nitrogens with one attached hydrogen (secondary N) is 1. The normalized spacial score (nSPS) is 13.8. The summed E-state index contributed by atoms with van der Waals surface area (Å²) in [5, 5.41) is 20.3. The van der Waals surface area contributed by atoms with Crippen molar-refractivity contribution in [3.8, 4) is 6.07 Å². The van der Waals surface area contributed by atoms with E-state index in [1.165, 1.54) is 0 Å². The Labute approximate surface area is 101 Å². The highest BCUT2D eigenvalue weighted by Gasteiger charge is 2.22. The van der Waals surface area contributed by atoms with Gasteiger partial charge in [0, 0.05) is 6.42 Å². The summed E-state index contributed by atoms with van der Waals surface area (Å²) in [6.07, 6.45) is -0.561. The molecule has 0 heterocycles. The van der Waals surface area contributed by atoms with Gasteiger partial charge in [-0.1, -0.05) is 13.8 Å². The van der Waals surface area contributed by atoms with Crippen molar-refractivity contribution in [3.05, 3.63) is 0 Å². The van der Waals surface area contributed by atoms with Crippen LogP contribution in [0.15, 0.2) is 0 Å². The molecule has 2 amide bonds. The molecule has 0 bridgehead atoms. The number of rotatable bonds is 7. The van der Waals surface area contributed by atoms with Gasteiger partial charge in [0.1, 0.15) is 12.1 Å². The molecule has 96 valence electrons. The summed E-state index contributed by atoms with van der Waals surface area (Å²) in [6, 6.07) is 0.967. The predicted octanol–water partition coefficient (Wildman–Crippen LogP) is -0.333. The van der Waals surface area contributed by atoms with Crippen LogP contribution >= 0.6 is 0 Å². The molecule has 0 aromatic rings. The van der Waals surface area contributed by atoms with Gasteiger partial charge in [-0.15, -0.1) is 0 Å². The lowest BCUT2D eigenvalue weighted by Crippen LogP contribution is -2.48. The van der Waals surface area contributed by atoms with Crippen LogP contribution in [0.3, 0.4) is 0 Å². The topological polar surface area (TPSA) is 116 Å². The third kappa shape index (κ3) is 6.53. The van der Waals surface area contributed by atoms with E-state index in [1.807, 2.05) is 19.9 Å². The van der Waals surface area contributed by atoms with Crippen LogP contribution in [-0.2, 0) is 9.59 Å². The molecular weight excluding hydrogens is 222 g/mol. The van der Waals surface area contributed by atoms with Crippen LogP contribution in [0.25, 0.3) is 0 Å². The van der Waals surface area contributed by atoms with Gasteiger partial charge >= 0.3 is 0 Å². The average Bonchev–Trinajstić information content (AvgIpc) is 2.22. The first-order valence-electron chi connectivity index (χ1n) is 5.53. The SMILES string of the molecule is CC(C)C[C@H](O)C(=O)N[C@@H](CCC#N)C(N)=O. The molecule has 0 aliphatic carbocycles. The summed E-state index contributed by atoms with van der Waals surface area (Å²) in [6.45, 7) is 3.75. The van der Waals surface area contributed by atoms with E-state index in [-0.39, 0.29) is 18.8 Å². The molecule has 4 N–H and O–H groups in total. The monoisotopic (exact) mass is 241 g/mol. The minimum Gasteiger partial charge on any atom is -0.383 e. The molecule has 0 saturated carbocycles. The zero-order valence-electron chi connectivity index (χ0n) is 10.1. The van der Waals surface area contributed by atoms with Crippen molar-refractivity contribution in [1.82, 2.24) is 5.32 Å². The second-order valence-corrected chi connectivity index (χ2v) is 4.31. The lowest BCUT2D eigenvalue weighted by atomic mass is 10.0. The molecule has 0 spiro atoms. The molecule has 0 aromatic heterocycles. The Morgan fingerprint density at radius 2 is 2.06 bits per heavy atom. The van der Waals surface area contributed by atoms with Crippen LogP contribution in [0.2, 0.25) is 0 Å². The van der Waals surface area contributed by atoms with E-state index in [4.69, 9.17) is 11.0 Å². The van der Waals surface area contributed by atoms with E-state index in [9.17, 15) is 14.7 Å².